The maximum Gasteiger partial charge on any atom is 0.104 e. The zero-order chi connectivity index (χ0) is 11.4. The van der Waals surface area contributed by atoms with Crippen molar-refractivity contribution in [2.75, 3.05) is 0 Å². The standard InChI is InChI=1S/C15H16O/c1-2-12-7-6-10-14(11-12)15(16)13-8-4-3-5-9-13/h3-11,15-16H,2H2,1H3. The lowest BCUT2D eigenvalue weighted by atomic mass is 9.99. The predicted molar refractivity (Wildman–Crippen MR) is 66.3 cm³/mol. The molecule has 82 valence electrons. The van der Waals surface area contributed by atoms with Crippen LogP contribution < -0.4 is 0 Å². The Balaban J connectivity index is 2.30. The van der Waals surface area contributed by atoms with Crippen molar-refractivity contribution >= 4 is 0 Å². The molecule has 0 aliphatic carbocycles. The van der Waals surface area contributed by atoms with Gasteiger partial charge in [0.25, 0.3) is 0 Å². The summed E-state index contributed by atoms with van der Waals surface area (Å²) < 4.78 is 0. The van der Waals surface area contributed by atoms with Crippen LogP contribution in [0.1, 0.15) is 29.7 Å². The van der Waals surface area contributed by atoms with Gasteiger partial charge in [0.1, 0.15) is 6.10 Å². The molecule has 0 bridgehead atoms. The summed E-state index contributed by atoms with van der Waals surface area (Å²) in [5.74, 6) is 0. The monoisotopic (exact) mass is 212 g/mol. The van der Waals surface area contributed by atoms with Gasteiger partial charge in [0, 0.05) is 0 Å². The molecule has 0 fully saturated rings. The summed E-state index contributed by atoms with van der Waals surface area (Å²) >= 11 is 0. The van der Waals surface area contributed by atoms with Crippen molar-refractivity contribution in [3.8, 4) is 0 Å². The molecule has 0 radical (unpaired) electrons. The highest BCUT2D eigenvalue weighted by Gasteiger charge is 2.09. The van der Waals surface area contributed by atoms with Crippen molar-refractivity contribution in [3.63, 3.8) is 0 Å². The third-order valence-electron chi connectivity index (χ3n) is 2.79. The van der Waals surface area contributed by atoms with E-state index in [1.54, 1.807) is 0 Å². The minimum Gasteiger partial charge on any atom is -0.384 e. The van der Waals surface area contributed by atoms with Crippen LogP contribution >= 0.6 is 0 Å². The lowest BCUT2D eigenvalue weighted by Gasteiger charge is -2.12. The normalized spacial score (nSPS) is 12.4. The number of aryl methyl sites for hydroxylation is 1. The smallest absolute Gasteiger partial charge is 0.104 e. The van der Waals surface area contributed by atoms with Crippen LogP contribution in [0.2, 0.25) is 0 Å². The second kappa shape index (κ2) is 4.95. The molecule has 16 heavy (non-hydrogen) atoms. The van der Waals surface area contributed by atoms with E-state index >= 15 is 0 Å². The summed E-state index contributed by atoms with van der Waals surface area (Å²) in [7, 11) is 0. The molecule has 1 heteroatoms. The van der Waals surface area contributed by atoms with Gasteiger partial charge >= 0.3 is 0 Å². The van der Waals surface area contributed by atoms with Gasteiger partial charge in [-0.25, -0.2) is 0 Å². The number of aliphatic hydroxyl groups is 1. The molecule has 2 aromatic carbocycles. The van der Waals surface area contributed by atoms with Gasteiger partial charge < -0.3 is 5.11 Å². The number of aliphatic hydroxyl groups excluding tert-OH is 1. The molecule has 2 rings (SSSR count). The largest absolute Gasteiger partial charge is 0.384 e. The molecule has 0 aliphatic heterocycles. The molecule has 2 aromatic rings. The molecule has 1 nitrogen and oxygen atoms in total. The summed E-state index contributed by atoms with van der Waals surface area (Å²) in [6.07, 6.45) is 0.475. The Hall–Kier alpha value is -1.60. The fraction of sp³-hybridized carbons (Fsp3) is 0.200. The van der Waals surface area contributed by atoms with Gasteiger partial charge in [-0.2, -0.15) is 0 Å². The first-order valence-electron chi connectivity index (χ1n) is 5.63. The molecule has 0 aliphatic rings. The number of benzene rings is 2. The predicted octanol–water partition coefficient (Wildman–Crippen LogP) is 3.33. The van der Waals surface area contributed by atoms with E-state index in [2.05, 4.69) is 19.1 Å². The number of hydrogen-bond acceptors (Lipinski definition) is 1. The van der Waals surface area contributed by atoms with Crippen molar-refractivity contribution in [3.05, 3.63) is 71.3 Å². The Kier molecular flexibility index (Phi) is 3.37. The maximum atomic E-state index is 10.2. The highest BCUT2D eigenvalue weighted by molar-refractivity contribution is 5.32. The van der Waals surface area contributed by atoms with Crippen molar-refractivity contribution < 1.29 is 5.11 Å². The highest BCUT2D eigenvalue weighted by Crippen LogP contribution is 2.22. The molecule has 1 atom stereocenters. The van der Waals surface area contributed by atoms with Gasteiger partial charge in [-0.3, -0.25) is 0 Å². The van der Waals surface area contributed by atoms with Crippen LogP contribution in [-0.2, 0) is 6.42 Å². The highest BCUT2D eigenvalue weighted by atomic mass is 16.3. The first-order valence-corrected chi connectivity index (χ1v) is 5.63. The third kappa shape index (κ3) is 2.31. The minimum atomic E-state index is -0.521. The average molecular weight is 212 g/mol. The fourth-order valence-corrected chi connectivity index (χ4v) is 1.81. The van der Waals surface area contributed by atoms with Crippen LogP contribution in [0.15, 0.2) is 54.6 Å². The Bertz CT molecular complexity index is 448. The summed E-state index contributed by atoms with van der Waals surface area (Å²) in [5, 5.41) is 10.2. The summed E-state index contributed by atoms with van der Waals surface area (Å²) in [6.45, 7) is 2.12. The Morgan fingerprint density at radius 2 is 1.62 bits per heavy atom. The maximum absolute atomic E-state index is 10.2. The van der Waals surface area contributed by atoms with E-state index in [0.29, 0.717) is 0 Å². The Morgan fingerprint density at radius 3 is 2.31 bits per heavy atom. The number of rotatable bonds is 3. The first kappa shape index (κ1) is 10.9. The van der Waals surface area contributed by atoms with Crippen molar-refractivity contribution in [2.45, 2.75) is 19.4 Å². The summed E-state index contributed by atoms with van der Waals surface area (Å²) in [4.78, 5) is 0. The van der Waals surface area contributed by atoms with Gasteiger partial charge in [0.2, 0.25) is 0 Å². The van der Waals surface area contributed by atoms with E-state index < -0.39 is 6.10 Å². The van der Waals surface area contributed by atoms with Crippen LogP contribution in [0.25, 0.3) is 0 Å². The van der Waals surface area contributed by atoms with Gasteiger partial charge in [-0.05, 0) is 23.1 Å². The molecule has 1 unspecified atom stereocenters. The van der Waals surface area contributed by atoms with Crippen LogP contribution in [0.4, 0.5) is 0 Å². The van der Waals surface area contributed by atoms with Crippen LogP contribution in [0.3, 0.4) is 0 Å². The summed E-state index contributed by atoms with van der Waals surface area (Å²) in [5.41, 5.74) is 3.16. The van der Waals surface area contributed by atoms with Crippen molar-refractivity contribution in [2.24, 2.45) is 0 Å². The molecule has 0 aromatic heterocycles. The second-order valence-corrected chi connectivity index (χ2v) is 3.91. The van der Waals surface area contributed by atoms with Crippen LogP contribution in [0.5, 0.6) is 0 Å². The van der Waals surface area contributed by atoms with Crippen LogP contribution in [0, 0.1) is 0 Å². The molecule has 0 amide bonds. The van der Waals surface area contributed by atoms with Gasteiger partial charge in [-0.15, -0.1) is 0 Å². The molecule has 0 heterocycles. The Morgan fingerprint density at radius 1 is 0.938 bits per heavy atom. The fourth-order valence-electron chi connectivity index (χ4n) is 1.81. The minimum absolute atomic E-state index is 0.521. The zero-order valence-corrected chi connectivity index (χ0v) is 9.43. The molecule has 0 saturated heterocycles. The van der Waals surface area contributed by atoms with E-state index in [1.165, 1.54) is 5.56 Å². The van der Waals surface area contributed by atoms with Gasteiger partial charge in [0.05, 0.1) is 0 Å². The first-order chi connectivity index (χ1) is 7.81. The van der Waals surface area contributed by atoms with E-state index in [-0.39, 0.29) is 0 Å². The molecule has 0 saturated carbocycles. The van der Waals surface area contributed by atoms with Gasteiger partial charge in [0.15, 0.2) is 0 Å². The lowest BCUT2D eigenvalue weighted by molar-refractivity contribution is 0.220. The van der Waals surface area contributed by atoms with Crippen molar-refractivity contribution in [1.29, 1.82) is 0 Å². The Labute approximate surface area is 96.4 Å². The van der Waals surface area contributed by atoms with E-state index in [0.717, 1.165) is 17.5 Å². The van der Waals surface area contributed by atoms with E-state index in [1.807, 2.05) is 42.5 Å². The van der Waals surface area contributed by atoms with E-state index in [4.69, 9.17) is 0 Å². The molecular formula is C15H16O. The van der Waals surface area contributed by atoms with E-state index in [9.17, 15) is 5.11 Å². The average Bonchev–Trinajstić information content (AvgIpc) is 2.39. The zero-order valence-electron chi connectivity index (χ0n) is 9.43. The quantitative estimate of drug-likeness (QED) is 0.827. The molecular weight excluding hydrogens is 196 g/mol. The van der Waals surface area contributed by atoms with Gasteiger partial charge in [-0.1, -0.05) is 61.5 Å². The topological polar surface area (TPSA) is 20.2 Å². The lowest BCUT2D eigenvalue weighted by Crippen LogP contribution is -1.99. The SMILES string of the molecule is CCc1cccc(C(O)c2ccccc2)c1. The third-order valence-corrected chi connectivity index (χ3v) is 2.79. The van der Waals surface area contributed by atoms with Crippen molar-refractivity contribution in [1.82, 2.24) is 0 Å². The second-order valence-electron chi connectivity index (χ2n) is 3.91. The summed E-state index contributed by atoms with van der Waals surface area (Å²) in [6, 6.07) is 17.9. The number of hydrogen-bond donors (Lipinski definition) is 1. The molecule has 1 N–H and O–H groups in total. The van der Waals surface area contributed by atoms with Crippen LogP contribution in [-0.4, -0.2) is 5.11 Å². The molecule has 0 spiro atoms.